The van der Waals surface area contributed by atoms with Gasteiger partial charge in [0.1, 0.15) is 5.58 Å². The standard InChI is InChI=1S/C25H24N4OS/c1-18-8-9-19(2)21(14-18)27-25-29(12-5-11-28-13-10-26-17-28)22(16-31-25)24-15-20-6-3-4-7-23(20)30-24/h3-4,6-10,13-17H,5,11-12H2,1-2H3. The highest BCUT2D eigenvalue weighted by Gasteiger charge is 2.13. The average Bonchev–Trinajstić information content (AvgIpc) is 3.51. The Morgan fingerprint density at radius 3 is 2.81 bits per heavy atom. The van der Waals surface area contributed by atoms with E-state index in [9.17, 15) is 0 Å². The van der Waals surface area contributed by atoms with Crippen molar-refractivity contribution in [1.82, 2.24) is 14.1 Å². The second-order valence-corrected chi connectivity index (χ2v) is 8.60. The lowest BCUT2D eigenvalue weighted by Gasteiger charge is -2.08. The Hall–Kier alpha value is -3.38. The van der Waals surface area contributed by atoms with Crippen LogP contribution in [-0.2, 0) is 13.1 Å². The Morgan fingerprint density at radius 2 is 1.97 bits per heavy atom. The summed E-state index contributed by atoms with van der Waals surface area (Å²) in [5.41, 5.74) is 5.37. The molecule has 0 fully saturated rings. The quantitative estimate of drug-likeness (QED) is 0.328. The van der Waals surface area contributed by atoms with E-state index in [2.05, 4.69) is 63.7 Å². The van der Waals surface area contributed by atoms with Gasteiger partial charge in [-0.3, -0.25) is 0 Å². The van der Waals surface area contributed by atoms with Crippen LogP contribution >= 0.6 is 11.3 Å². The Labute approximate surface area is 185 Å². The highest BCUT2D eigenvalue weighted by atomic mass is 32.1. The zero-order valence-electron chi connectivity index (χ0n) is 17.7. The van der Waals surface area contributed by atoms with Gasteiger partial charge in [0.2, 0.25) is 0 Å². The molecule has 0 saturated heterocycles. The summed E-state index contributed by atoms with van der Waals surface area (Å²) in [4.78, 5) is 10.2. The summed E-state index contributed by atoms with van der Waals surface area (Å²) in [5.74, 6) is 0.877. The molecule has 3 heterocycles. The van der Waals surface area contributed by atoms with Crippen LogP contribution in [0.5, 0.6) is 0 Å². The van der Waals surface area contributed by atoms with Gasteiger partial charge >= 0.3 is 0 Å². The van der Waals surface area contributed by atoms with E-state index in [0.717, 1.165) is 52.4 Å². The molecular weight excluding hydrogens is 404 g/mol. The molecule has 5 aromatic rings. The third-order valence-electron chi connectivity index (χ3n) is 5.41. The fourth-order valence-corrected chi connectivity index (χ4v) is 4.64. The number of nitrogens with zero attached hydrogens (tertiary/aromatic N) is 4. The molecular formula is C25H24N4OS. The fraction of sp³-hybridized carbons (Fsp3) is 0.200. The van der Waals surface area contributed by atoms with E-state index in [1.165, 1.54) is 11.1 Å². The van der Waals surface area contributed by atoms with Gasteiger partial charge in [-0.25, -0.2) is 9.98 Å². The normalized spacial score (nSPS) is 12.1. The van der Waals surface area contributed by atoms with Crippen LogP contribution in [0, 0.1) is 13.8 Å². The number of benzene rings is 2. The summed E-state index contributed by atoms with van der Waals surface area (Å²) in [6.45, 7) is 5.96. The molecule has 2 aromatic carbocycles. The third kappa shape index (κ3) is 4.11. The molecule has 3 aromatic heterocycles. The molecule has 0 saturated carbocycles. The summed E-state index contributed by atoms with van der Waals surface area (Å²) in [7, 11) is 0. The molecule has 156 valence electrons. The molecule has 0 N–H and O–H groups in total. The van der Waals surface area contributed by atoms with Crippen molar-refractivity contribution in [2.24, 2.45) is 4.99 Å². The molecule has 6 heteroatoms. The molecule has 0 bridgehead atoms. The van der Waals surface area contributed by atoms with Crippen LogP contribution < -0.4 is 4.80 Å². The third-order valence-corrected chi connectivity index (χ3v) is 6.28. The van der Waals surface area contributed by atoms with E-state index in [4.69, 9.17) is 9.41 Å². The van der Waals surface area contributed by atoms with E-state index < -0.39 is 0 Å². The van der Waals surface area contributed by atoms with E-state index in [0.29, 0.717) is 0 Å². The van der Waals surface area contributed by atoms with Crippen molar-refractivity contribution in [3.63, 3.8) is 0 Å². The lowest BCUT2D eigenvalue weighted by Crippen LogP contribution is -2.17. The number of aromatic nitrogens is 3. The number of thiazole rings is 1. The maximum absolute atomic E-state index is 6.18. The summed E-state index contributed by atoms with van der Waals surface area (Å²) in [5, 5.41) is 3.26. The smallest absolute Gasteiger partial charge is 0.190 e. The van der Waals surface area contributed by atoms with Gasteiger partial charge in [0.25, 0.3) is 0 Å². The number of fused-ring (bicyclic) bond motifs is 1. The van der Waals surface area contributed by atoms with Gasteiger partial charge in [0, 0.05) is 36.2 Å². The van der Waals surface area contributed by atoms with Crippen molar-refractivity contribution in [3.05, 3.63) is 88.6 Å². The first-order valence-corrected chi connectivity index (χ1v) is 11.3. The van der Waals surface area contributed by atoms with E-state index in [-0.39, 0.29) is 0 Å². The van der Waals surface area contributed by atoms with Crippen LogP contribution in [0.2, 0.25) is 0 Å². The maximum atomic E-state index is 6.18. The molecule has 0 aliphatic heterocycles. The van der Waals surface area contributed by atoms with Gasteiger partial charge in [-0.1, -0.05) is 30.3 Å². The molecule has 0 aliphatic carbocycles. The van der Waals surface area contributed by atoms with Crippen LogP contribution in [0.15, 0.2) is 82.0 Å². The molecule has 5 nitrogen and oxygen atoms in total. The van der Waals surface area contributed by atoms with Crippen LogP contribution in [-0.4, -0.2) is 14.1 Å². The number of para-hydroxylation sites is 1. The van der Waals surface area contributed by atoms with Gasteiger partial charge in [-0.2, -0.15) is 0 Å². The Morgan fingerprint density at radius 1 is 1.06 bits per heavy atom. The first-order chi connectivity index (χ1) is 15.2. The number of furan rings is 1. The van der Waals surface area contributed by atoms with Gasteiger partial charge in [-0.05, 0) is 49.6 Å². The largest absolute Gasteiger partial charge is 0.454 e. The second kappa shape index (κ2) is 8.40. The number of rotatable bonds is 6. The van der Waals surface area contributed by atoms with Crippen LogP contribution in [0.25, 0.3) is 22.4 Å². The van der Waals surface area contributed by atoms with Crippen molar-refractivity contribution in [3.8, 4) is 11.5 Å². The number of imidazole rings is 1. The minimum atomic E-state index is 0.845. The van der Waals surface area contributed by atoms with Crippen molar-refractivity contribution in [2.45, 2.75) is 33.4 Å². The van der Waals surface area contributed by atoms with Crippen LogP contribution in [0.1, 0.15) is 17.5 Å². The Kier molecular flexibility index (Phi) is 5.30. The summed E-state index contributed by atoms with van der Waals surface area (Å²) in [6.07, 6.45) is 6.65. The summed E-state index contributed by atoms with van der Waals surface area (Å²) in [6, 6.07) is 16.7. The van der Waals surface area contributed by atoms with Crippen molar-refractivity contribution in [1.29, 1.82) is 0 Å². The van der Waals surface area contributed by atoms with Gasteiger partial charge in [-0.15, -0.1) is 11.3 Å². The fourth-order valence-electron chi connectivity index (χ4n) is 3.71. The summed E-state index contributed by atoms with van der Waals surface area (Å²) < 4.78 is 10.6. The van der Waals surface area contributed by atoms with E-state index >= 15 is 0 Å². The zero-order chi connectivity index (χ0) is 21.2. The van der Waals surface area contributed by atoms with Crippen LogP contribution in [0.4, 0.5) is 5.69 Å². The molecule has 0 amide bonds. The topological polar surface area (TPSA) is 48.2 Å². The SMILES string of the molecule is Cc1ccc(C)c(N=c2scc(-c3cc4ccccc4o3)n2CCCn2ccnc2)c1. The second-order valence-electron chi connectivity index (χ2n) is 7.76. The minimum absolute atomic E-state index is 0.845. The van der Waals surface area contributed by atoms with Gasteiger partial charge < -0.3 is 13.6 Å². The highest BCUT2D eigenvalue weighted by molar-refractivity contribution is 7.07. The molecule has 0 aliphatic rings. The molecule has 0 unspecified atom stereocenters. The monoisotopic (exact) mass is 428 g/mol. The average molecular weight is 429 g/mol. The van der Waals surface area contributed by atoms with Gasteiger partial charge in [0.15, 0.2) is 10.6 Å². The Bertz CT molecular complexity index is 1360. The predicted octanol–water partition coefficient (Wildman–Crippen LogP) is 6.10. The zero-order valence-corrected chi connectivity index (χ0v) is 18.5. The lowest BCUT2D eigenvalue weighted by molar-refractivity contribution is 0.549. The van der Waals surface area contributed by atoms with E-state index in [1.54, 1.807) is 11.3 Å². The highest BCUT2D eigenvalue weighted by Crippen LogP contribution is 2.29. The first-order valence-electron chi connectivity index (χ1n) is 10.4. The predicted molar refractivity (Wildman–Crippen MR) is 126 cm³/mol. The van der Waals surface area contributed by atoms with Crippen LogP contribution in [0.3, 0.4) is 0 Å². The molecule has 0 spiro atoms. The molecule has 0 radical (unpaired) electrons. The molecule has 0 atom stereocenters. The van der Waals surface area contributed by atoms with E-state index in [1.807, 2.05) is 36.9 Å². The first kappa shape index (κ1) is 19.6. The number of aryl methyl sites for hydroxylation is 3. The minimum Gasteiger partial charge on any atom is -0.454 e. The number of hydrogen-bond acceptors (Lipinski definition) is 4. The lowest BCUT2D eigenvalue weighted by atomic mass is 10.1. The van der Waals surface area contributed by atoms with Crippen molar-refractivity contribution >= 4 is 28.0 Å². The van der Waals surface area contributed by atoms with Gasteiger partial charge in [0.05, 0.1) is 17.7 Å². The van der Waals surface area contributed by atoms with Crippen molar-refractivity contribution in [2.75, 3.05) is 0 Å². The number of hydrogen-bond donors (Lipinski definition) is 0. The molecule has 31 heavy (non-hydrogen) atoms. The maximum Gasteiger partial charge on any atom is 0.190 e. The molecule has 5 rings (SSSR count). The Balaban J connectivity index is 1.57. The summed E-state index contributed by atoms with van der Waals surface area (Å²) >= 11 is 1.66. The van der Waals surface area contributed by atoms with Crippen molar-refractivity contribution < 1.29 is 4.42 Å².